The van der Waals surface area contributed by atoms with Crippen LogP contribution in [0.1, 0.15) is 79.0 Å². The second kappa shape index (κ2) is 12.7. The minimum Gasteiger partial charge on any atom is -0.309 e. The maximum Gasteiger partial charge on any atom is 0.146 e. The van der Waals surface area contributed by atoms with E-state index in [0.717, 1.165) is 16.9 Å². The first-order valence-corrected chi connectivity index (χ1v) is 24.0. The molecule has 324 valence electrons. The van der Waals surface area contributed by atoms with Gasteiger partial charge in [0, 0.05) is 59.7 Å². The fourth-order valence-electron chi connectivity index (χ4n) is 11.8. The lowest BCUT2D eigenvalue weighted by molar-refractivity contribution is 0.590. The van der Waals surface area contributed by atoms with Crippen LogP contribution in [0.5, 0.6) is 0 Å². The zero-order valence-corrected chi connectivity index (χ0v) is 39.7. The zero-order valence-electron chi connectivity index (χ0n) is 39.7. The molecule has 0 fully saturated rings. The molecule has 4 nitrogen and oxygen atoms in total. The Kier molecular flexibility index (Phi) is 7.36. The lowest BCUT2D eigenvalue weighted by Crippen LogP contribution is -2.11. The highest BCUT2D eigenvalue weighted by Crippen LogP contribution is 2.50. The van der Waals surface area contributed by atoms with Crippen LogP contribution >= 0.6 is 0 Å². The smallest absolute Gasteiger partial charge is 0.146 e. The monoisotopic (exact) mass is 864 g/mol. The Bertz CT molecular complexity index is 4420. The number of pyridine rings is 1. The largest absolute Gasteiger partial charge is 0.309 e. The molecule has 8 aromatic carbocycles. The summed E-state index contributed by atoms with van der Waals surface area (Å²) in [7, 11) is 0. The lowest BCUT2D eigenvalue weighted by atomic mass is 9.84. The van der Waals surface area contributed by atoms with Crippen LogP contribution in [0.15, 0.2) is 152 Å². The van der Waals surface area contributed by atoms with Gasteiger partial charge >= 0.3 is 0 Å². The molecule has 0 saturated heterocycles. The van der Waals surface area contributed by atoms with Gasteiger partial charge in [-0.2, -0.15) is 0 Å². The Labute approximate surface area is 389 Å². The van der Waals surface area contributed by atoms with E-state index < -0.39 is 0 Å². The van der Waals surface area contributed by atoms with Crippen LogP contribution in [0.4, 0.5) is 0 Å². The number of nitrogens with zero attached hydrogens (tertiary/aromatic N) is 4. The van der Waals surface area contributed by atoms with Crippen LogP contribution in [0.2, 0.25) is 0 Å². The van der Waals surface area contributed by atoms with Crippen LogP contribution < -0.4 is 0 Å². The van der Waals surface area contributed by atoms with Gasteiger partial charge in [-0.05, 0) is 128 Å². The van der Waals surface area contributed by atoms with Crippen LogP contribution in [0, 0.1) is 0 Å². The van der Waals surface area contributed by atoms with Crippen molar-refractivity contribution >= 4 is 109 Å². The highest BCUT2D eigenvalue weighted by molar-refractivity contribution is 6.30. The number of benzene rings is 8. The molecule has 0 bridgehead atoms. The van der Waals surface area contributed by atoms with Gasteiger partial charge in [0.2, 0.25) is 0 Å². The molecular formula is C63H52N4. The van der Waals surface area contributed by atoms with Crippen LogP contribution in [0.3, 0.4) is 0 Å². The molecule has 0 radical (unpaired) electrons. The quantitative estimate of drug-likeness (QED) is 0.170. The molecule has 0 aliphatic carbocycles. The summed E-state index contributed by atoms with van der Waals surface area (Å²) in [5.41, 5.74) is 18.1. The van der Waals surface area contributed by atoms with E-state index in [2.05, 4.69) is 227 Å². The third kappa shape index (κ3) is 5.16. The minimum absolute atomic E-state index is 0.0359. The Balaban J connectivity index is 1.17. The molecule has 0 spiro atoms. The normalized spacial score (nSPS) is 13.4. The molecule has 0 amide bonds. The van der Waals surface area contributed by atoms with E-state index in [0.29, 0.717) is 0 Å². The molecule has 0 saturated carbocycles. The number of hydrogen-bond donors (Lipinski definition) is 0. The van der Waals surface area contributed by atoms with Gasteiger partial charge < -0.3 is 8.97 Å². The maximum absolute atomic E-state index is 5.97. The van der Waals surface area contributed by atoms with Crippen molar-refractivity contribution in [2.75, 3.05) is 0 Å². The fourth-order valence-corrected chi connectivity index (χ4v) is 11.8. The van der Waals surface area contributed by atoms with E-state index in [1.807, 2.05) is 0 Å². The Morgan fingerprint density at radius 2 is 0.910 bits per heavy atom. The first-order valence-electron chi connectivity index (χ1n) is 24.0. The molecule has 4 heteroatoms. The maximum atomic E-state index is 5.97. The zero-order chi connectivity index (χ0) is 45.6. The molecule has 6 heterocycles. The average molecular weight is 865 g/mol. The molecule has 0 unspecified atom stereocenters. The summed E-state index contributed by atoms with van der Waals surface area (Å²) in [6, 6.07) is 57.7. The molecule has 0 aliphatic heterocycles. The van der Waals surface area contributed by atoms with Crippen molar-refractivity contribution in [2.45, 2.75) is 78.6 Å². The minimum atomic E-state index is -0.0726. The van der Waals surface area contributed by atoms with Crippen molar-refractivity contribution in [3.05, 3.63) is 168 Å². The molecule has 0 atom stereocenters. The van der Waals surface area contributed by atoms with Gasteiger partial charge in [0.25, 0.3) is 0 Å². The first-order chi connectivity index (χ1) is 32.1. The molecule has 6 aromatic heterocycles. The summed E-state index contributed by atoms with van der Waals surface area (Å²) in [5, 5.41) is 13.8. The summed E-state index contributed by atoms with van der Waals surface area (Å²) < 4.78 is 7.49. The number of rotatable bonds is 2. The summed E-state index contributed by atoms with van der Waals surface area (Å²) in [6.45, 7) is 21.0. The van der Waals surface area contributed by atoms with Gasteiger partial charge in [-0.15, -0.1) is 0 Å². The second-order valence-electron chi connectivity index (χ2n) is 22.5. The van der Waals surface area contributed by atoms with Gasteiger partial charge in [0.15, 0.2) is 0 Å². The second-order valence-corrected chi connectivity index (χ2v) is 22.5. The fraction of sp³-hybridized carbons (Fsp3) is 0.190. The summed E-state index contributed by atoms with van der Waals surface area (Å²) in [4.78, 5) is 5.97. The van der Waals surface area contributed by atoms with Crippen molar-refractivity contribution in [1.82, 2.24) is 18.4 Å². The standard InChI is InChI=1S/C63H52N4/c1-61(2,3)37-24-26-53-44(29-37)46-30-39(63(7,8)9)33-50-56-54(66(53)58(46)50)34-49-48-32-38(62(4,5)6)31-47-45-27-35-17-13-14-20-41(35)55(59(45)67(57(47)48)60(49)64-56)36-23-25-52-43(28-36)42-21-15-16-22-51(42)65(52)40-18-11-10-12-19-40/h10-34H,1-9H3. The summed E-state index contributed by atoms with van der Waals surface area (Å²) in [5.74, 6) is 0. The van der Waals surface area contributed by atoms with Crippen LogP contribution in [-0.2, 0) is 16.2 Å². The van der Waals surface area contributed by atoms with E-state index in [1.54, 1.807) is 0 Å². The lowest BCUT2D eigenvalue weighted by Gasteiger charge is -2.20. The van der Waals surface area contributed by atoms with Gasteiger partial charge in [-0.25, -0.2) is 4.98 Å². The number of aromatic nitrogens is 4. The van der Waals surface area contributed by atoms with Crippen molar-refractivity contribution in [1.29, 1.82) is 0 Å². The predicted molar refractivity (Wildman–Crippen MR) is 287 cm³/mol. The summed E-state index contributed by atoms with van der Waals surface area (Å²) >= 11 is 0. The van der Waals surface area contributed by atoms with Gasteiger partial charge in [-0.1, -0.05) is 135 Å². The number of fused-ring (bicyclic) bond motifs is 16. The van der Waals surface area contributed by atoms with Gasteiger partial charge in [0.05, 0.1) is 44.1 Å². The van der Waals surface area contributed by atoms with E-state index >= 15 is 0 Å². The van der Waals surface area contributed by atoms with Crippen LogP contribution in [-0.4, -0.2) is 18.4 Å². The van der Waals surface area contributed by atoms with Crippen molar-refractivity contribution < 1.29 is 0 Å². The van der Waals surface area contributed by atoms with Crippen LogP contribution in [0.25, 0.3) is 126 Å². The number of hydrogen-bond acceptors (Lipinski definition) is 1. The van der Waals surface area contributed by atoms with Crippen molar-refractivity contribution in [2.24, 2.45) is 0 Å². The topological polar surface area (TPSA) is 26.6 Å². The average Bonchev–Trinajstić information content (AvgIpc) is 4.09. The highest BCUT2D eigenvalue weighted by atomic mass is 15.0. The van der Waals surface area contributed by atoms with Gasteiger partial charge in [0.1, 0.15) is 5.65 Å². The summed E-state index contributed by atoms with van der Waals surface area (Å²) in [6.07, 6.45) is 0. The van der Waals surface area contributed by atoms with Gasteiger partial charge in [-0.3, -0.25) is 4.40 Å². The Morgan fingerprint density at radius 1 is 0.358 bits per heavy atom. The SMILES string of the molecule is CC(C)(C)c1ccc2c(c1)c1cc(C(C)(C)C)cc3c4nc5c(cc4n2c13)c1cc(C(C)(C)C)cc2c3cc4ccccc4c(-c4ccc6c(c4)c4ccccc4n6-c4ccccc4)c3n5c12. The molecule has 14 aromatic rings. The highest BCUT2D eigenvalue weighted by Gasteiger charge is 2.29. The van der Waals surface area contributed by atoms with Crippen molar-refractivity contribution in [3.8, 4) is 16.8 Å². The molecule has 67 heavy (non-hydrogen) atoms. The van der Waals surface area contributed by atoms with Crippen molar-refractivity contribution in [3.63, 3.8) is 0 Å². The molecule has 0 N–H and O–H groups in total. The van der Waals surface area contributed by atoms with E-state index in [4.69, 9.17) is 4.98 Å². The molecular weight excluding hydrogens is 813 g/mol. The third-order valence-corrected chi connectivity index (χ3v) is 15.3. The Hall–Kier alpha value is -7.43. The van der Waals surface area contributed by atoms with E-state index in [1.165, 1.54) is 126 Å². The molecule has 0 aliphatic rings. The number of para-hydroxylation sites is 2. The predicted octanol–water partition coefficient (Wildman–Crippen LogP) is 17.2. The third-order valence-electron chi connectivity index (χ3n) is 15.3. The first kappa shape index (κ1) is 38.8. The Morgan fingerprint density at radius 3 is 1.64 bits per heavy atom. The van der Waals surface area contributed by atoms with E-state index in [9.17, 15) is 0 Å². The van der Waals surface area contributed by atoms with E-state index in [-0.39, 0.29) is 16.2 Å². The molecule has 14 rings (SSSR count).